The lowest BCUT2D eigenvalue weighted by molar-refractivity contribution is 0.236. The summed E-state index contributed by atoms with van der Waals surface area (Å²) >= 11 is 0. The Morgan fingerprint density at radius 1 is 1.17 bits per heavy atom. The van der Waals surface area contributed by atoms with Crippen LogP contribution in [0.25, 0.3) is 0 Å². The molecule has 0 fully saturated rings. The van der Waals surface area contributed by atoms with Crippen molar-refractivity contribution in [2.75, 3.05) is 26.7 Å². The van der Waals surface area contributed by atoms with Crippen LogP contribution < -0.4 is 5.32 Å². The summed E-state index contributed by atoms with van der Waals surface area (Å²) in [5, 5.41) is 3.26. The Bertz CT molecular complexity index is 102. The maximum absolute atomic E-state index is 3.26. The van der Waals surface area contributed by atoms with Crippen molar-refractivity contribution in [3.8, 4) is 0 Å². The maximum Gasteiger partial charge on any atom is 0.0163 e. The third-order valence-electron chi connectivity index (χ3n) is 2.10. The van der Waals surface area contributed by atoms with Crippen molar-refractivity contribution in [2.45, 2.75) is 33.7 Å². The summed E-state index contributed by atoms with van der Waals surface area (Å²) in [4.78, 5) is 2.49. The van der Waals surface area contributed by atoms with Gasteiger partial charge >= 0.3 is 0 Å². The molecule has 0 aromatic carbocycles. The molecule has 0 radical (unpaired) electrons. The Balaban J connectivity index is 3.66. The van der Waals surface area contributed by atoms with Crippen LogP contribution in [0.15, 0.2) is 0 Å². The lowest BCUT2D eigenvalue weighted by Gasteiger charge is -2.25. The van der Waals surface area contributed by atoms with Gasteiger partial charge < -0.3 is 10.2 Å². The highest BCUT2D eigenvalue weighted by Crippen LogP contribution is 1.99. The van der Waals surface area contributed by atoms with E-state index in [1.807, 2.05) is 7.05 Å². The van der Waals surface area contributed by atoms with Gasteiger partial charge in [-0.25, -0.2) is 0 Å². The van der Waals surface area contributed by atoms with Crippen LogP contribution in [0.2, 0.25) is 0 Å². The van der Waals surface area contributed by atoms with Crippen LogP contribution in [-0.2, 0) is 0 Å². The topological polar surface area (TPSA) is 15.3 Å². The van der Waals surface area contributed by atoms with E-state index in [9.17, 15) is 0 Å². The van der Waals surface area contributed by atoms with Crippen molar-refractivity contribution in [1.82, 2.24) is 10.2 Å². The zero-order valence-corrected chi connectivity index (χ0v) is 9.22. The van der Waals surface area contributed by atoms with Gasteiger partial charge in [-0.15, -0.1) is 0 Å². The van der Waals surface area contributed by atoms with Crippen LogP contribution in [0.1, 0.15) is 27.7 Å². The summed E-state index contributed by atoms with van der Waals surface area (Å²) in [6, 6.07) is 0.601. The molecule has 0 saturated heterocycles. The number of nitrogens with zero attached hydrogens (tertiary/aromatic N) is 1. The maximum atomic E-state index is 3.26. The van der Waals surface area contributed by atoms with Gasteiger partial charge in [0.25, 0.3) is 0 Å². The second-order valence-corrected chi connectivity index (χ2v) is 3.94. The fourth-order valence-corrected chi connectivity index (χ4v) is 1.33. The molecule has 1 N–H and O–H groups in total. The fraction of sp³-hybridized carbons (Fsp3) is 1.00. The number of hydrogen-bond donors (Lipinski definition) is 1. The SMILES string of the molecule is CCN(CC(C)C)CC(C)NC. The third kappa shape index (κ3) is 5.56. The highest BCUT2D eigenvalue weighted by atomic mass is 15.1. The van der Waals surface area contributed by atoms with E-state index in [1.165, 1.54) is 6.54 Å². The molecule has 0 heterocycles. The van der Waals surface area contributed by atoms with Crippen LogP contribution in [0.3, 0.4) is 0 Å². The first-order valence-electron chi connectivity index (χ1n) is 4.99. The summed E-state index contributed by atoms with van der Waals surface area (Å²) in [6.45, 7) is 12.5. The van der Waals surface area contributed by atoms with E-state index < -0.39 is 0 Å². The molecule has 0 aliphatic heterocycles. The second kappa shape index (κ2) is 6.44. The van der Waals surface area contributed by atoms with Gasteiger partial charge in [-0.2, -0.15) is 0 Å². The first kappa shape index (κ1) is 11.9. The van der Waals surface area contributed by atoms with E-state index in [4.69, 9.17) is 0 Å². The highest BCUT2D eigenvalue weighted by molar-refractivity contribution is 4.65. The molecule has 0 bridgehead atoms. The second-order valence-electron chi connectivity index (χ2n) is 3.94. The minimum atomic E-state index is 0.601. The average molecular weight is 172 g/mol. The van der Waals surface area contributed by atoms with Crippen LogP contribution in [0, 0.1) is 5.92 Å². The van der Waals surface area contributed by atoms with Gasteiger partial charge in [0.05, 0.1) is 0 Å². The van der Waals surface area contributed by atoms with Crippen molar-refractivity contribution in [1.29, 1.82) is 0 Å². The Morgan fingerprint density at radius 3 is 2.08 bits per heavy atom. The quantitative estimate of drug-likeness (QED) is 0.654. The predicted molar refractivity (Wildman–Crippen MR) is 55.5 cm³/mol. The van der Waals surface area contributed by atoms with E-state index in [2.05, 4.69) is 37.9 Å². The lowest BCUT2D eigenvalue weighted by Crippen LogP contribution is -2.39. The van der Waals surface area contributed by atoms with E-state index in [0.29, 0.717) is 6.04 Å². The standard InChI is InChI=1S/C10H24N2/c1-6-12(7-9(2)3)8-10(4)11-5/h9-11H,6-8H2,1-5H3. The molecule has 0 amide bonds. The summed E-state index contributed by atoms with van der Waals surface area (Å²) < 4.78 is 0. The van der Waals surface area contributed by atoms with Gasteiger partial charge in [0.2, 0.25) is 0 Å². The molecule has 2 heteroatoms. The summed E-state index contributed by atoms with van der Waals surface area (Å²) in [5.41, 5.74) is 0. The van der Waals surface area contributed by atoms with E-state index in [1.54, 1.807) is 0 Å². The van der Waals surface area contributed by atoms with Gasteiger partial charge in [0.15, 0.2) is 0 Å². The van der Waals surface area contributed by atoms with E-state index in [-0.39, 0.29) is 0 Å². The number of likely N-dealkylation sites (N-methyl/N-ethyl adjacent to an activating group) is 2. The average Bonchev–Trinajstić information content (AvgIpc) is 2.02. The van der Waals surface area contributed by atoms with Crippen molar-refractivity contribution in [2.24, 2.45) is 5.92 Å². The molecular weight excluding hydrogens is 148 g/mol. The molecular formula is C10H24N2. The van der Waals surface area contributed by atoms with Crippen LogP contribution in [0.4, 0.5) is 0 Å². The zero-order chi connectivity index (χ0) is 9.56. The zero-order valence-electron chi connectivity index (χ0n) is 9.22. The summed E-state index contributed by atoms with van der Waals surface area (Å²) in [6.07, 6.45) is 0. The molecule has 1 atom stereocenters. The van der Waals surface area contributed by atoms with Gasteiger partial charge in [-0.05, 0) is 26.4 Å². The lowest BCUT2D eigenvalue weighted by atomic mass is 10.2. The Kier molecular flexibility index (Phi) is 6.39. The largest absolute Gasteiger partial charge is 0.316 e. The molecule has 0 aliphatic carbocycles. The molecule has 0 saturated carbocycles. The first-order valence-corrected chi connectivity index (χ1v) is 4.99. The minimum Gasteiger partial charge on any atom is -0.316 e. The van der Waals surface area contributed by atoms with Crippen molar-refractivity contribution in [3.05, 3.63) is 0 Å². The predicted octanol–water partition coefficient (Wildman–Crippen LogP) is 1.57. The van der Waals surface area contributed by atoms with Gasteiger partial charge in [-0.3, -0.25) is 0 Å². The molecule has 12 heavy (non-hydrogen) atoms. The van der Waals surface area contributed by atoms with Gasteiger partial charge in [0.1, 0.15) is 0 Å². The monoisotopic (exact) mass is 172 g/mol. The van der Waals surface area contributed by atoms with Gasteiger partial charge in [-0.1, -0.05) is 20.8 Å². The molecule has 1 unspecified atom stereocenters. The summed E-state index contributed by atoms with van der Waals surface area (Å²) in [5.74, 6) is 0.772. The molecule has 0 aromatic rings. The van der Waals surface area contributed by atoms with E-state index in [0.717, 1.165) is 19.0 Å². The molecule has 0 rings (SSSR count). The molecule has 0 spiro atoms. The number of hydrogen-bond acceptors (Lipinski definition) is 2. The Hall–Kier alpha value is -0.0800. The highest BCUT2D eigenvalue weighted by Gasteiger charge is 2.07. The van der Waals surface area contributed by atoms with E-state index >= 15 is 0 Å². The smallest absolute Gasteiger partial charge is 0.0163 e. The van der Waals surface area contributed by atoms with Gasteiger partial charge in [0, 0.05) is 19.1 Å². The first-order chi connectivity index (χ1) is 5.60. The molecule has 0 aromatic heterocycles. The normalized spacial score (nSPS) is 14.2. The number of nitrogens with one attached hydrogen (secondary N) is 1. The van der Waals surface area contributed by atoms with Crippen molar-refractivity contribution in [3.63, 3.8) is 0 Å². The minimum absolute atomic E-state index is 0.601. The van der Waals surface area contributed by atoms with Crippen LogP contribution >= 0.6 is 0 Å². The van der Waals surface area contributed by atoms with Crippen molar-refractivity contribution >= 4 is 0 Å². The summed E-state index contributed by atoms with van der Waals surface area (Å²) in [7, 11) is 2.02. The fourth-order valence-electron chi connectivity index (χ4n) is 1.33. The van der Waals surface area contributed by atoms with Crippen LogP contribution in [-0.4, -0.2) is 37.6 Å². The van der Waals surface area contributed by atoms with Crippen LogP contribution in [0.5, 0.6) is 0 Å². The molecule has 2 nitrogen and oxygen atoms in total. The number of rotatable bonds is 6. The van der Waals surface area contributed by atoms with Crippen molar-refractivity contribution < 1.29 is 0 Å². The Labute approximate surface area is 77.3 Å². The molecule has 0 aliphatic rings. The third-order valence-corrected chi connectivity index (χ3v) is 2.10. The molecule has 74 valence electrons. The Morgan fingerprint density at radius 2 is 1.75 bits per heavy atom.